The first kappa shape index (κ1) is 18.8. The smallest absolute Gasteiger partial charge is 0.270 e. The minimum Gasteiger partial charge on any atom is -0.329 e. The van der Waals surface area contributed by atoms with Gasteiger partial charge in [-0.15, -0.1) is 12.4 Å². The largest absolute Gasteiger partial charge is 0.329 e. The third kappa shape index (κ3) is 4.41. The van der Waals surface area contributed by atoms with Crippen LogP contribution in [0.2, 0.25) is 0 Å². The third-order valence-electron chi connectivity index (χ3n) is 2.59. The number of non-ortho nitro benzene ring substituents is 1. The van der Waals surface area contributed by atoms with Crippen molar-refractivity contribution in [2.75, 3.05) is 6.54 Å². The van der Waals surface area contributed by atoms with Gasteiger partial charge in [0.15, 0.2) is 0 Å². The molecular weight excluding hydrogens is 306 g/mol. The number of hydrogen-bond acceptors (Lipinski definition) is 5. The Balaban J connectivity index is 0.00000361. The number of rotatable bonds is 5. The average Bonchev–Trinajstić information content (AvgIpc) is 2.27. The number of aryl methyl sites for hydroxylation is 1. The highest BCUT2D eigenvalue weighted by molar-refractivity contribution is 7.89. The van der Waals surface area contributed by atoms with E-state index in [1.165, 1.54) is 12.1 Å². The van der Waals surface area contributed by atoms with E-state index >= 15 is 0 Å². The third-order valence-corrected chi connectivity index (χ3v) is 4.43. The van der Waals surface area contributed by atoms with Gasteiger partial charge in [-0.2, -0.15) is 0 Å². The molecule has 0 atom stereocenters. The minimum atomic E-state index is -3.85. The summed E-state index contributed by atoms with van der Waals surface area (Å²) in [5.74, 6) is 0. The molecule has 0 aliphatic carbocycles. The molecule has 0 radical (unpaired) electrons. The fourth-order valence-electron chi connectivity index (χ4n) is 1.45. The molecule has 0 fully saturated rings. The SMILES string of the molecule is Cc1ccc([N+](=O)[O-])cc1S(=O)(=O)NC(C)(C)CN.Cl. The van der Waals surface area contributed by atoms with E-state index in [9.17, 15) is 18.5 Å². The molecule has 9 heteroatoms. The van der Waals surface area contributed by atoms with Gasteiger partial charge in [0, 0.05) is 24.2 Å². The zero-order valence-corrected chi connectivity index (χ0v) is 13.0. The van der Waals surface area contributed by atoms with Gasteiger partial charge >= 0.3 is 0 Å². The van der Waals surface area contributed by atoms with E-state index in [1.54, 1.807) is 20.8 Å². The Hall–Kier alpha value is -1.22. The number of benzene rings is 1. The predicted octanol–water partition coefficient (Wildman–Crippen LogP) is 1.34. The van der Waals surface area contributed by atoms with Crippen LogP contribution in [-0.2, 0) is 10.0 Å². The van der Waals surface area contributed by atoms with Crippen molar-refractivity contribution in [3.63, 3.8) is 0 Å². The van der Waals surface area contributed by atoms with Crippen LogP contribution in [0.3, 0.4) is 0 Å². The molecule has 1 rings (SSSR count). The van der Waals surface area contributed by atoms with Crippen LogP contribution in [0, 0.1) is 17.0 Å². The normalized spacial score (nSPS) is 11.8. The second-order valence-corrected chi connectivity index (χ2v) is 6.55. The maximum atomic E-state index is 12.2. The number of hydrogen-bond donors (Lipinski definition) is 2. The van der Waals surface area contributed by atoms with Crippen molar-refractivity contribution in [2.24, 2.45) is 5.73 Å². The van der Waals surface area contributed by atoms with Crippen LogP contribution in [0.5, 0.6) is 0 Å². The summed E-state index contributed by atoms with van der Waals surface area (Å²) < 4.78 is 26.9. The summed E-state index contributed by atoms with van der Waals surface area (Å²) in [4.78, 5) is 9.96. The number of halogens is 1. The number of nitrogens with one attached hydrogen (secondary N) is 1. The Bertz CT molecular complexity index is 602. The zero-order chi connectivity index (χ0) is 14.8. The molecule has 0 amide bonds. The standard InChI is InChI=1S/C11H17N3O4S.ClH/c1-8-4-5-9(14(15)16)6-10(8)19(17,18)13-11(2,3)7-12;/h4-6,13H,7,12H2,1-3H3;1H. The van der Waals surface area contributed by atoms with E-state index < -0.39 is 20.5 Å². The number of nitro benzene ring substituents is 1. The molecule has 0 aliphatic rings. The van der Waals surface area contributed by atoms with E-state index in [-0.39, 0.29) is 29.5 Å². The molecule has 114 valence electrons. The molecule has 1 aromatic carbocycles. The first-order valence-corrected chi connectivity index (χ1v) is 7.06. The maximum Gasteiger partial charge on any atom is 0.270 e. The lowest BCUT2D eigenvalue weighted by Crippen LogP contribution is -2.48. The Kier molecular flexibility index (Phi) is 6.09. The monoisotopic (exact) mass is 323 g/mol. The average molecular weight is 324 g/mol. The molecule has 1 aromatic rings. The lowest BCUT2D eigenvalue weighted by Gasteiger charge is -2.24. The molecule has 0 saturated carbocycles. The first-order chi connectivity index (χ1) is 8.59. The molecule has 3 N–H and O–H groups in total. The van der Waals surface area contributed by atoms with Gasteiger partial charge in [-0.1, -0.05) is 6.07 Å². The van der Waals surface area contributed by atoms with Gasteiger partial charge in [0.05, 0.1) is 9.82 Å². The summed E-state index contributed by atoms with van der Waals surface area (Å²) in [7, 11) is -3.85. The van der Waals surface area contributed by atoms with Gasteiger partial charge in [-0.3, -0.25) is 10.1 Å². The highest BCUT2D eigenvalue weighted by atomic mass is 35.5. The molecular formula is C11H18ClN3O4S. The summed E-state index contributed by atoms with van der Waals surface area (Å²) in [6.45, 7) is 4.96. The highest BCUT2D eigenvalue weighted by Crippen LogP contribution is 2.22. The Labute approximate surface area is 124 Å². The van der Waals surface area contributed by atoms with Crippen molar-refractivity contribution in [1.82, 2.24) is 4.72 Å². The van der Waals surface area contributed by atoms with E-state index in [0.717, 1.165) is 6.07 Å². The minimum absolute atomic E-state index is 0. The number of nitrogens with zero attached hydrogens (tertiary/aromatic N) is 1. The van der Waals surface area contributed by atoms with Crippen molar-refractivity contribution in [3.8, 4) is 0 Å². The van der Waals surface area contributed by atoms with Crippen LogP contribution in [0.15, 0.2) is 23.1 Å². The summed E-state index contributed by atoms with van der Waals surface area (Å²) in [6, 6.07) is 3.72. The molecule has 0 unspecified atom stereocenters. The molecule has 7 nitrogen and oxygen atoms in total. The lowest BCUT2D eigenvalue weighted by atomic mass is 10.1. The molecule has 20 heavy (non-hydrogen) atoms. The Morgan fingerprint density at radius 3 is 2.40 bits per heavy atom. The van der Waals surface area contributed by atoms with Crippen molar-refractivity contribution in [3.05, 3.63) is 33.9 Å². The van der Waals surface area contributed by atoms with Crippen molar-refractivity contribution in [2.45, 2.75) is 31.2 Å². The van der Waals surface area contributed by atoms with Gasteiger partial charge < -0.3 is 5.73 Å². The van der Waals surface area contributed by atoms with Gasteiger partial charge in [0.1, 0.15) is 0 Å². The summed E-state index contributed by atoms with van der Waals surface area (Å²) in [5.41, 5.74) is 4.82. The second kappa shape index (κ2) is 6.49. The summed E-state index contributed by atoms with van der Waals surface area (Å²) in [6.07, 6.45) is 0. The fraction of sp³-hybridized carbons (Fsp3) is 0.455. The van der Waals surface area contributed by atoms with Crippen molar-refractivity contribution >= 4 is 28.1 Å². The quantitative estimate of drug-likeness (QED) is 0.626. The van der Waals surface area contributed by atoms with Crippen LogP contribution in [0.25, 0.3) is 0 Å². The van der Waals surface area contributed by atoms with Gasteiger partial charge in [0.25, 0.3) is 5.69 Å². The van der Waals surface area contributed by atoms with E-state index in [4.69, 9.17) is 5.73 Å². The van der Waals surface area contributed by atoms with Crippen LogP contribution in [0.1, 0.15) is 19.4 Å². The lowest BCUT2D eigenvalue weighted by molar-refractivity contribution is -0.385. The van der Waals surface area contributed by atoms with Crippen LogP contribution in [-0.4, -0.2) is 25.4 Å². The van der Waals surface area contributed by atoms with Gasteiger partial charge in [0.2, 0.25) is 10.0 Å². The topological polar surface area (TPSA) is 115 Å². The second-order valence-electron chi connectivity index (χ2n) is 4.90. The molecule has 0 heterocycles. The van der Waals surface area contributed by atoms with E-state index in [1.807, 2.05) is 0 Å². The molecule has 0 aromatic heterocycles. The number of sulfonamides is 1. The predicted molar refractivity (Wildman–Crippen MR) is 78.5 cm³/mol. The number of nitrogens with two attached hydrogens (primary N) is 1. The maximum absolute atomic E-state index is 12.2. The zero-order valence-electron chi connectivity index (χ0n) is 11.4. The van der Waals surface area contributed by atoms with Crippen LogP contribution >= 0.6 is 12.4 Å². The summed E-state index contributed by atoms with van der Waals surface area (Å²) >= 11 is 0. The van der Waals surface area contributed by atoms with Crippen LogP contribution < -0.4 is 10.5 Å². The van der Waals surface area contributed by atoms with Gasteiger partial charge in [-0.05, 0) is 26.3 Å². The molecule has 0 aliphatic heterocycles. The highest BCUT2D eigenvalue weighted by Gasteiger charge is 2.27. The molecule has 0 spiro atoms. The number of nitro groups is 1. The fourth-order valence-corrected chi connectivity index (χ4v) is 3.14. The van der Waals surface area contributed by atoms with Crippen molar-refractivity contribution in [1.29, 1.82) is 0 Å². The van der Waals surface area contributed by atoms with Gasteiger partial charge in [-0.25, -0.2) is 13.1 Å². The van der Waals surface area contributed by atoms with E-state index in [0.29, 0.717) is 5.56 Å². The Morgan fingerprint density at radius 1 is 1.40 bits per heavy atom. The molecule has 0 bridgehead atoms. The summed E-state index contributed by atoms with van der Waals surface area (Å²) in [5, 5.41) is 10.7. The van der Waals surface area contributed by atoms with Crippen molar-refractivity contribution < 1.29 is 13.3 Å². The van der Waals surface area contributed by atoms with E-state index in [2.05, 4.69) is 4.72 Å². The van der Waals surface area contributed by atoms with Crippen LogP contribution in [0.4, 0.5) is 5.69 Å². The Morgan fingerprint density at radius 2 is 1.95 bits per heavy atom. The first-order valence-electron chi connectivity index (χ1n) is 5.58. The molecule has 0 saturated heterocycles.